The van der Waals surface area contributed by atoms with Crippen LogP contribution < -0.4 is 0 Å². The first-order chi connectivity index (χ1) is 5.70. The van der Waals surface area contributed by atoms with Crippen LogP contribution in [0, 0.1) is 0 Å². The summed E-state index contributed by atoms with van der Waals surface area (Å²) in [5.41, 5.74) is 0.905. The molecule has 0 heterocycles. The highest BCUT2D eigenvalue weighted by Crippen LogP contribution is 2.24. The average Bonchev–Trinajstić information content (AvgIpc) is 2.03. The van der Waals surface area contributed by atoms with Crippen molar-refractivity contribution in [2.75, 3.05) is 0 Å². The highest BCUT2D eigenvalue weighted by molar-refractivity contribution is 9.10. The summed E-state index contributed by atoms with van der Waals surface area (Å²) in [6, 6.07) is 7.38. The summed E-state index contributed by atoms with van der Waals surface area (Å²) < 4.78 is 24.5. The molecule has 0 radical (unpaired) electrons. The third kappa shape index (κ3) is 3.11. The van der Waals surface area contributed by atoms with Gasteiger partial charge in [-0.05, 0) is 11.6 Å². The molecule has 0 aliphatic rings. The second-order valence-corrected chi connectivity index (χ2v) is 4.00. The maximum Gasteiger partial charge on any atom is 0.284 e. The van der Waals surface area contributed by atoms with Crippen LogP contribution in [-0.4, -0.2) is 5.76 Å². The Bertz CT molecular complexity index is 253. The van der Waals surface area contributed by atoms with Gasteiger partial charge >= 0.3 is 0 Å². The lowest BCUT2D eigenvalue weighted by Gasteiger charge is -2.02. The zero-order valence-electron chi connectivity index (χ0n) is 6.14. The molecule has 0 spiro atoms. The normalized spacial score (nSPS) is 10.7. The predicted octanol–water partition coefficient (Wildman–Crippen LogP) is 3.90. The largest absolute Gasteiger partial charge is 0.284 e. The summed E-state index contributed by atoms with van der Waals surface area (Å²) in [5.74, 6) is -1.95. The first-order valence-corrected chi connectivity index (χ1v) is 5.17. The number of hydrogen-bond donors (Lipinski definition) is 0. The van der Waals surface area contributed by atoms with Crippen molar-refractivity contribution < 1.29 is 8.78 Å². The van der Waals surface area contributed by atoms with Crippen LogP contribution in [0.1, 0.15) is 5.56 Å². The standard InChI is InChI=1S/C8H7BrF2S/c9-7-4-2-1-3-6(7)5-12-8(10)11/h1-4,8H,5H2. The fourth-order valence-corrected chi connectivity index (χ4v) is 1.94. The van der Waals surface area contributed by atoms with Crippen LogP contribution >= 0.6 is 27.7 Å². The van der Waals surface area contributed by atoms with Crippen LogP contribution in [0.5, 0.6) is 0 Å². The predicted molar refractivity (Wildman–Crippen MR) is 51.4 cm³/mol. The van der Waals surface area contributed by atoms with Crippen LogP contribution in [0.3, 0.4) is 0 Å². The third-order valence-corrected chi connectivity index (χ3v) is 2.83. The van der Waals surface area contributed by atoms with Gasteiger partial charge in [0, 0.05) is 10.2 Å². The topological polar surface area (TPSA) is 0 Å². The van der Waals surface area contributed by atoms with Gasteiger partial charge in [0.2, 0.25) is 0 Å². The van der Waals surface area contributed by atoms with E-state index in [0.29, 0.717) is 17.5 Å². The van der Waals surface area contributed by atoms with Crippen LogP contribution in [0.25, 0.3) is 0 Å². The highest BCUT2D eigenvalue weighted by Gasteiger charge is 2.04. The molecule has 0 aliphatic carbocycles. The summed E-state index contributed by atoms with van der Waals surface area (Å²) in [7, 11) is 0. The minimum Gasteiger partial charge on any atom is -0.198 e. The Labute approximate surface area is 82.5 Å². The Hall–Kier alpha value is -0.0900. The minimum atomic E-state index is -2.29. The first kappa shape index (κ1) is 9.99. The molecule has 12 heavy (non-hydrogen) atoms. The van der Waals surface area contributed by atoms with E-state index in [-0.39, 0.29) is 0 Å². The smallest absolute Gasteiger partial charge is 0.198 e. The molecule has 0 aliphatic heterocycles. The van der Waals surface area contributed by atoms with Crippen LogP contribution in [0.4, 0.5) is 8.78 Å². The van der Waals surface area contributed by atoms with Crippen LogP contribution in [0.15, 0.2) is 28.7 Å². The highest BCUT2D eigenvalue weighted by atomic mass is 79.9. The number of thioether (sulfide) groups is 1. The Kier molecular flexibility index (Phi) is 4.01. The molecule has 66 valence electrons. The van der Waals surface area contributed by atoms with Crippen LogP contribution in [0.2, 0.25) is 0 Å². The molecular formula is C8H7BrF2S. The molecular weight excluding hydrogens is 246 g/mol. The number of halogens is 3. The molecule has 0 saturated heterocycles. The fraction of sp³-hybridized carbons (Fsp3) is 0.250. The zero-order valence-corrected chi connectivity index (χ0v) is 8.54. The van der Waals surface area contributed by atoms with Gasteiger partial charge in [0.25, 0.3) is 5.76 Å². The second-order valence-electron chi connectivity index (χ2n) is 2.16. The van der Waals surface area contributed by atoms with Crippen LogP contribution in [-0.2, 0) is 5.75 Å². The van der Waals surface area contributed by atoms with Gasteiger partial charge in [-0.3, -0.25) is 0 Å². The van der Waals surface area contributed by atoms with E-state index in [1.54, 1.807) is 0 Å². The van der Waals surface area contributed by atoms with E-state index >= 15 is 0 Å². The Balaban J connectivity index is 2.57. The molecule has 4 heteroatoms. The van der Waals surface area contributed by atoms with E-state index in [2.05, 4.69) is 15.9 Å². The molecule has 0 amide bonds. The molecule has 1 aromatic rings. The van der Waals surface area contributed by atoms with Gasteiger partial charge in [0.15, 0.2) is 0 Å². The minimum absolute atomic E-state index is 0.346. The van der Waals surface area contributed by atoms with Gasteiger partial charge in [-0.1, -0.05) is 45.9 Å². The monoisotopic (exact) mass is 252 g/mol. The molecule has 0 fully saturated rings. The first-order valence-electron chi connectivity index (χ1n) is 3.33. The second kappa shape index (κ2) is 4.82. The average molecular weight is 253 g/mol. The van der Waals surface area contributed by atoms with Gasteiger partial charge in [-0.25, -0.2) is 0 Å². The SMILES string of the molecule is FC(F)SCc1ccccc1Br. The Morgan fingerprint density at radius 2 is 2.00 bits per heavy atom. The van der Waals surface area contributed by atoms with E-state index in [1.807, 2.05) is 24.3 Å². The molecule has 0 atom stereocenters. The fourth-order valence-electron chi connectivity index (χ4n) is 0.768. The molecule has 0 saturated carbocycles. The van der Waals surface area contributed by atoms with Gasteiger partial charge in [-0.15, -0.1) is 0 Å². The van der Waals surface area contributed by atoms with E-state index in [4.69, 9.17) is 0 Å². The molecule has 0 aromatic heterocycles. The summed E-state index contributed by atoms with van der Waals surface area (Å²) in [6.07, 6.45) is 0. The van der Waals surface area contributed by atoms with Gasteiger partial charge in [0.1, 0.15) is 0 Å². The van der Waals surface area contributed by atoms with Crippen molar-refractivity contribution in [1.82, 2.24) is 0 Å². The van der Waals surface area contributed by atoms with E-state index in [0.717, 1.165) is 10.0 Å². The maximum atomic E-state index is 11.8. The van der Waals surface area contributed by atoms with Crippen molar-refractivity contribution in [3.8, 4) is 0 Å². The van der Waals surface area contributed by atoms with Gasteiger partial charge in [-0.2, -0.15) is 8.78 Å². The number of alkyl halides is 2. The lowest BCUT2D eigenvalue weighted by molar-refractivity contribution is 0.252. The summed E-state index contributed by atoms with van der Waals surface area (Å²) >= 11 is 3.92. The Morgan fingerprint density at radius 1 is 1.33 bits per heavy atom. The van der Waals surface area contributed by atoms with Crippen molar-refractivity contribution >= 4 is 27.7 Å². The molecule has 0 unspecified atom stereocenters. The molecule has 0 nitrogen and oxygen atoms in total. The van der Waals surface area contributed by atoms with Gasteiger partial charge in [0.05, 0.1) is 0 Å². The molecule has 1 aromatic carbocycles. The van der Waals surface area contributed by atoms with Crippen molar-refractivity contribution in [2.24, 2.45) is 0 Å². The molecule has 1 rings (SSSR count). The quantitative estimate of drug-likeness (QED) is 0.787. The number of hydrogen-bond acceptors (Lipinski definition) is 1. The van der Waals surface area contributed by atoms with Crippen molar-refractivity contribution in [1.29, 1.82) is 0 Å². The van der Waals surface area contributed by atoms with Gasteiger partial charge < -0.3 is 0 Å². The maximum absolute atomic E-state index is 11.8. The molecule has 0 N–H and O–H groups in total. The van der Waals surface area contributed by atoms with E-state index < -0.39 is 5.76 Å². The zero-order chi connectivity index (χ0) is 8.97. The summed E-state index contributed by atoms with van der Waals surface area (Å²) in [4.78, 5) is 0. The Morgan fingerprint density at radius 3 is 2.58 bits per heavy atom. The molecule has 0 bridgehead atoms. The van der Waals surface area contributed by atoms with E-state index in [9.17, 15) is 8.78 Å². The summed E-state index contributed by atoms with van der Waals surface area (Å²) in [5, 5.41) is 0. The van der Waals surface area contributed by atoms with Crippen molar-refractivity contribution in [3.05, 3.63) is 34.3 Å². The number of benzene rings is 1. The third-order valence-electron chi connectivity index (χ3n) is 1.32. The van der Waals surface area contributed by atoms with Crippen molar-refractivity contribution in [2.45, 2.75) is 11.5 Å². The lowest BCUT2D eigenvalue weighted by Crippen LogP contribution is -1.86. The van der Waals surface area contributed by atoms with E-state index in [1.165, 1.54) is 0 Å². The van der Waals surface area contributed by atoms with Crippen molar-refractivity contribution in [3.63, 3.8) is 0 Å². The lowest BCUT2D eigenvalue weighted by atomic mass is 10.2. The number of rotatable bonds is 3. The summed E-state index contributed by atoms with van der Waals surface area (Å²) in [6.45, 7) is 0.